The summed E-state index contributed by atoms with van der Waals surface area (Å²) >= 11 is 1.68. The molecule has 0 bridgehead atoms. The van der Waals surface area contributed by atoms with E-state index in [2.05, 4.69) is 18.0 Å². The second-order valence-electron chi connectivity index (χ2n) is 5.82. The molecule has 0 spiro atoms. The predicted molar refractivity (Wildman–Crippen MR) is 87.5 cm³/mol. The molecule has 1 unspecified atom stereocenters. The summed E-state index contributed by atoms with van der Waals surface area (Å²) in [5.74, 6) is 1.88. The molecule has 0 amide bonds. The van der Waals surface area contributed by atoms with Crippen LogP contribution in [0, 0.1) is 12.8 Å². The SMILES string of the molecule is CCOC(c1nc(N)c2cc(C)sc2n1)C1CCCCC1. The Morgan fingerprint density at radius 2 is 2.10 bits per heavy atom. The highest BCUT2D eigenvalue weighted by atomic mass is 32.1. The minimum absolute atomic E-state index is 0.00981. The van der Waals surface area contributed by atoms with Gasteiger partial charge >= 0.3 is 0 Å². The molecule has 21 heavy (non-hydrogen) atoms. The summed E-state index contributed by atoms with van der Waals surface area (Å²) in [5.41, 5.74) is 6.13. The van der Waals surface area contributed by atoms with Crippen LogP contribution in [0.4, 0.5) is 5.82 Å². The number of ether oxygens (including phenoxy) is 1. The maximum atomic E-state index is 6.13. The number of rotatable bonds is 4. The number of nitrogens with zero attached hydrogens (tertiary/aromatic N) is 2. The normalized spacial score (nSPS) is 18.2. The zero-order valence-corrected chi connectivity index (χ0v) is 13.6. The molecule has 0 aromatic carbocycles. The molecule has 2 aromatic heterocycles. The molecule has 4 nitrogen and oxygen atoms in total. The number of aryl methyl sites for hydroxylation is 1. The van der Waals surface area contributed by atoms with Gasteiger partial charge in [0.2, 0.25) is 0 Å². The van der Waals surface area contributed by atoms with Gasteiger partial charge < -0.3 is 10.5 Å². The standard InChI is InChI=1S/C16H23N3OS/c1-3-20-13(11-7-5-4-6-8-11)15-18-14(17)12-9-10(2)21-16(12)19-15/h9,11,13H,3-8H2,1-2H3,(H2,17,18,19). The van der Waals surface area contributed by atoms with Gasteiger partial charge in [0.05, 0.1) is 5.39 Å². The smallest absolute Gasteiger partial charge is 0.161 e. The highest BCUT2D eigenvalue weighted by molar-refractivity contribution is 7.18. The Morgan fingerprint density at radius 3 is 2.81 bits per heavy atom. The number of hydrogen-bond acceptors (Lipinski definition) is 5. The quantitative estimate of drug-likeness (QED) is 0.917. The molecule has 0 saturated heterocycles. The number of aromatic nitrogens is 2. The van der Waals surface area contributed by atoms with Crippen LogP contribution in [0.25, 0.3) is 10.2 Å². The van der Waals surface area contributed by atoms with Gasteiger partial charge in [-0.2, -0.15) is 0 Å². The lowest BCUT2D eigenvalue weighted by Gasteiger charge is -2.29. The molecule has 2 heterocycles. The van der Waals surface area contributed by atoms with Gasteiger partial charge in [-0.05, 0) is 38.7 Å². The highest BCUT2D eigenvalue weighted by Gasteiger charge is 2.28. The molecule has 5 heteroatoms. The third kappa shape index (κ3) is 3.04. The molecule has 0 aliphatic heterocycles. The monoisotopic (exact) mass is 305 g/mol. The van der Waals surface area contributed by atoms with E-state index in [-0.39, 0.29) is 6.10 Å². The first-order chi connectivity index (χ1) is 10.2. The van der Waals surface area contributed by atoms with Crippen LogP contribution in [0.2, 0.25) is 0 Å². The Morgan fingerprint density at radius 1 is 1.33 bits per heavy atom. The lowest BCUT2D eigenvalue weighted by atomic mass is 9.85. The average Bonchev–Trinajstić information content (AvgIpc) is 2.86. The Labute approximate surface area is 129 Å². The van der Waals surface area contributed by atoms with Crippen LogP contribution in [-0.4, -0.2) is 16.6 Å². The molecule has 1 aliphatic carbocycles. The van der Waals surface area contributed by atoms with Crippen molar-refractivity contribution in [3.63, 3.8) is 0 Å². The van der Waals surface area contributed by atoms with Crippen LogP contribution in [0.15, 0.2) is 6.07 Å². The number of fused-ring (bicyclic) bond motifs is 1. The van der Waals surface area contributed by atoms with Gasteiger partial charge in [0.25, 0.3) is 0 Å². The van der Waals surface area contributed by atoms with Crippen molar-refractivity contribution in [3.05, 3.63) is 16.8 Å². The Balaban J connectivity index is 1.97. The first-order valence-corrected chi connectivity index (χ1v) is 8.66. The van der Waals surface area contributed by atoms with E-state index in [0.29, 0.717) is 18.3 Å². The second-order valence-corrected chi connectivity index (χ2v) is 7.05. The highest BCUT2D eigenvalue weighted by Crippen LogP contribution is 2.37. The summed E-state index contributed by atoms with van der Waals surface area (Å²) in [6, 6.07) is 2.06. The summed E-state index contributed by atoms with van der Waals surface area (Å²) in [5, 5.41) is 0.972. The maximum absolute atomic E-state index is 6.13. The number of nitrogens with two attached hydrogens (primary N) is 1. The van der Waals surface area contributed by atoms with Crippen LogP contribution in [-0.2, 0) is 4.74 Å². The fraction of sp³-hybridized carbons (Fsp3) is 0.625. The van der Waals surface area contributed by atoms with Crippen LogP contribution < -0.4 is 5.73 Å². The largest absolute Gasteiger partial charge is 0.383 e. The molecule has 0 radical (unpaired) electrons. The van der Waals surface area contributed by atoms with Gasteiger partial charge in [0, 0.05) is 11.5 Å². The van der Waals surface area contributed by atoms with Crippen LogP contribution >= 0.6 is 11.3 Å². The molecule has 3 rings (SSSR count). The van der Waals surface area contributed by atoms with E-state index in [4.69, 9.17) is 15.5 Å². The second kappa shape index (κ2) is 6.28. The molecule has 114 valence electrons. The fourth-order valence-electron chi connectivity index (χ4n) is 3.25. The molecule has 2 N–H and O–H groups in total. The average molecular weight is 305 g/mol. The first kappa shape index (κ1) is 14.7. The number of anilines is 1. The van der Waals surface area contributed by atoms with Crippen molar-refractivity contribution in [2.45, 2.75) is 52.1 Å². The van der Waals surface area contributed by atoms with E-state index in [1.165, 1.54) is 37.0 Å². The minimum atomic E-state index is -0.00981. The number of hydrogen-bond donors (Lipinski definition) is 1. The summed E-state index contributed by atoms with van der Waals surface area (Å²) in [6.07, 6.45) is 6.30. The van der Waals surface area contributed by atoms with Crippen molar-refractivity contribution < 1.29 is 4.74 Å². The first-order valence-electron chi connectivity index (χ1n) is 7.84. The lowest BCUT2D eigenvalue weighted by Crippen LogP contribution is -2.21. The predicted octanol–water partition coefficient (Wildman–Crippen LogP) is 4.24. The topological polar surface area (TPSA) is 61.0 Å². The maximum Gasteiger partial charge on any atom is 0.161 e. The van der Waals surface area contributed by atoms with Gasteiger partial charge in [-0.3, -0.25) is 0 Å². The van der Waals surface area contributed by atoms with Gasteiger partial charge in [0.15, 0.2) is 5.82 Å². The van der Waals surface area contributed by atoms with Crippen molar-refractivity contribution in [3.8, 4) is 0 Å². The molecule has 2 aromatic rings. The number of nitrogen functional groups attached to an aromatic ring is 1. The van der Waals surface area contributed by atoms with Gasteiger partial charge in [-0.1, -0.05) is 19.3 Å². The van der Waals surface area contributed by atoms with Crippen LogP contribution in [0.5, 0.6) is 0 Å². The van der Waals surface area contributed by atoms with Crippen molar-refractivity contribution in [1.29, 1.82) is 0 Å². The van der Waals surface area contributed by atoms with Crippen molar-refractivity contribution >= 4 is 27.4 Å². The Kier molecular flexibility index (Phi) is 4.40. The van der Waals surface area contributed by atoms with Crippen LogP contribution in [0.3, 0.4) is 0 Å². The minimum Gasteiger partial charge on any atom is -0.383 e. The molecule has 1 saturated carbocycles. The van der Waals surface area contributed by atoms with Gasteiger partial charge in [-0.15, -0.1) is 11.3 Å². The third-order valence-corrected chi connectivity index (χ3v) is 5.19. The summed E-state index contributed by atoms with van der Waals surface area (Å²) < 4.78 is 6.00. The Bertz CT molecular complexity index is 619. The Hall–Kier alpha value is -1.20. The van der Waals surface area contributed by atoms with E-state index in [9.17, 15) is 0 Å². The van der Waals surface area contributed by atoms with Crippen molar-refractivity contribution in [2.75, 3.05) is 12.3 Å². The van der Waals surface area contributed by atoms with Crippen molar-refractivity contribution in [1.82, 2.24) is 9.97 Å². The zero-order valence-electron chi connectivity index (χ0n) is 12.8. The molecule has 1 atom stereocenters. The number of thiophene rings is 1. The van der Waals surface area contributed by atoms with E-state index in [1.54, 1.807) is 11.3 Å². The van der Waals surface area contributed by atoms with Gasteiger partial charge in [-0.25, -0.2) is 9.97 Å². The molecular formula is C16H23N3OS. The third-order valence-electron chi connectivity index (χ3n) is 4.24. The molecular weight excluding hydrogens is 282 g/mol. The van der Waals surface area contributed by atoms with Crippen LogP contribution in [0.1, 0.15) is 55.8 Å². The van der Waals surface area contributed by atoms with E-state index in [0.717, 1.165) is 16.0 Å². The summed E-state index contributed by atoms with van der Waals surface area (Å²) in [7, 11) is 0. The van der Waals surface area contributed by atoms with E-state index < -0.39 is 0 Å². The lowest BCUT2D eigenvalue weighted by molar-refractivity contribution is 0.000159. The fourth-order valence-corrected chi connectivity index (χ4v) is 4.14. The van der Waals surface area contributed by atoms with Crippen molar-refractivity contribution in [2.24, 2.45) is 5.92 Å². The molecule has 1 fully saturated rings. The summed E-state index contributed by atoms with van der Waals surface area (Å²) in [4.78, 5) is 11.5. The zero-order chi connectivity index (χ0) is 14.8. The van der Waals surface area contributed by atoms with E-state index >= 15 is 0 Å². The van der Waals surface area contributed by atoms with E-state index in [1.807, 2.05) is 6.92 Å². The molecule has 1 aliphatic rings. The van der Waals surface area contributed by atoms with Gasteiger partial charge in [0.1, 0.15) is 16.8 Å². The summed E-state index contributed by atoms with van der Waals surface area (Å²) in [6.45, 7) is 4.80.